The lowest BCUT2D eigenvalue weighted by molar-refractivity contribution is 0.106. The molecule has 0 bridgehead atoms. The molecule has 19 heavy (non-hydrogen) atoms. The van der Waals surface area contributed by atoms with E-state index in [2.05, 4.69) is 5.16 Å². The molecule has 0 unspecified atom stereocenters. The number of oxime groups is 1. The van der Waals surface area contributed by atoms with E-state index in [-0.39, 0.29) is 11.5 Å². The van der Waals surface area contributed by atoms with Gasteiger partial charge in [0.05, 0.1) is 0 Å². The number of benzene rings is 2. The van der Waals surface area contributed by atoms with Gasteiger partial charge in [0.15, 0.2) is 0 Å². The molecule has 0 spiro atoms. The van der Waals surface area contributed by atoms with Crippen LogP contribution in [0, 0.1) is 0 Å². The number of carbonyl (C=O) groups is 1. The Morgan fingerprint density at radius 2 is 1.84 bits per heavy atom. The zero-order valence-electron chi connectivity index (χ0n) is 10.0. The Morgan fingerprint density at radius 3 is 2.58 bits per heavy atom. The third kappa shape index (κ3) is 2.27. The van der Waals surface area contributed by atoms with Crippen molar-refractivity contribution in [2.75, 3.05) is 0 Å². The van der Waals surface area contributed by atoms with Crippen molar-refractivity contribution in [2.24, 2.45) is 5.16 Å². The lowest BCUT2D eigenvalue weighted by Crippen LogP contribution is -2.06. The maximum Gasteiger partial charge on any atom is 0.211 e. The molecule has 0 saturated heterocycles. The first-order valence-electron chi connectivity index (χ1n) is 5.89. The molecule has 0 radical (unpaired) electrons. The van der Waals surface area contributed by atoms with E-state index in [9.17, 15) is 4.79 Å². The maximum absolute atomic E-state index is 11.8. The highest BCUT2D eigenvalue weighted by atomic mass is 32.2. The van der Waals surface area contributed by atoms with Crippen molar-refractivity contribution in [3.05, 3.63) is 59.7 Å². The third-order valence-electron chi connectivity index (χ3n) is 3.04. The van der Waals surface area contributed by atoms with E-state index in [0.29, 0.717) is 12.0 Å². The normalized spacial score (nSPS) is 15.8. The number of ketones is 1. The minimum absolute atomic E-state index is 0.172. The Kier molecular flexibility index (Phi) is 3.09. The highest BCUT2D eigenvalue weighted by Gasteiger charge is 2.26. The highest BCUT2D eigenvalue weighted by molar-refractivity contribution is 7.99. The average molecular weight is 269 g/mol. The smallest absolute Gasteiger partial charge is 0.211 e. The van der Waals surface area contributed by atoms with Crippen LogP contribution in [0.25, 0.3) is 0 Å². The van der Waals surface area contributed by atoms with Gasteiger partial charge in [-0.05, 0) is 35.9 Å². The molecule has 3 rings (SSSR count). The highest BCUT2D eigenvalue weighted by Crippen LogP contribution is 2.31. The van der Waals surface area contributed by atoms with Gasteiger partial charge < -0.3 is 5.21 Å². The first kappa shape index (κ1) is 12.0. The molecule has 0 amide bonds. The predicted octanol–water partition coefficient (Wildman–Crippen LogP) is 3.41. The van der Waals surface area contributed by atoms with Crippen LogP contribution in [0.4, 0.5) is 0 Å². The summed E-state index contributed by atoms with van der Waals surface area (Å²) in [5.41, 5.74) is 1.79. The molecule has 0 fully saturated rings. The summed E-state index contributed by atoms with van der Waals surface area (Å²) in [7, 11) is 0. The summed E-state index contributed by atoms with van der Waals surface area (Å²) in [5, 5.41) is 11.8. The summed E-state index contributed by atoms with van der Waals surface area (Å²) in [5.74, 6) is -0.172. The van der Waals surface area contributed by atoms with Crippen LogP contribution in [0.2, 0.25) is 0 Å². The van der Waals surface area contributed by atoms with Crippen molar-refractivity contribution in [1.82, 2.24) is 0 Å². The fourth-order valence-corrected chi connectivity index (χ4v) is 3.03. The summed E-state index contributed by atoms with van der Waals surface area (Å²) < 4.78 is 0. The Morgan fingerprint density at radius 1 is 1.05 bits per heavy atom. The zero-order valence-corrected chi connectivity index (χ0v) is 10.9. The minimum atomic E-state index is -0.172. The van der Waals surface area contributed by atoms with Crippen molar-refractivity contribution < 1.29 is 10.0 Å². The van der Waals surface area contributed by atoms with E-state index in [1.165, 1.54) is 0 Å². The van der Waals surface area contributed by atoms with Gasteiger partial charge in [0.1, 0.15) is 5.71 Å². The molecule has 0 atom stereocenters. The molecular formula is C15H11NO2S. The Balaban J connectivity index is 1.90. The molecule has 2 aromatic carbocycles. The molecule has 3 nitrogen and oxygen atoms in total. The SMILES string of the molecule is O=C1C(=NO)Cc2cc(Sc3ccccc3)ccc21. The Labute approximate surface area is 115 Å². The lowest BCUT2D eigenvalue weighted by Gasteiger charge is -2.03. The second kappa shape index (κ2) is 4.90. The van der Waals surface area contributed by atoms with Gasteiger partial charge >= 0.3 is 0 Å². The number of hydrogen-bond donors (Lipinski definition) is 1. The lowest BCUT2D eigenvalue weighted by atomic mass is 10.1. The molecule has 1 N–H and O–H groups in total. The van der Waals surface area contributed by atoms with E-state index in [0.717, 1.165) is 15.4 Å². The molecule has 0 aromatic heterocycles. The van der Waals surface area contributed by atoms with Crippen LogP contribution in [-0.2, 0) is 6.42 Å². The Bertz CT molecular complexity index is 665. The number of hydrogen-bond acceptors (Lipinski definition) is 4. The minimum Gasteiger partial charge on any atom is -0.411 e. The average Bonchev–Trinajstić information content (AvgIpc) is 2.76. The van der Waals surface area contributed by atoms with E-state index in [1.807, 2.05) is 42.5 Å². The fraction of sp³-hybridized carbons (Fsp3) is 0.0667. The second-order valence-electron chi connectivity index (χ2n) is 4.29. The van der Waals surface area contributed by atoms with E-state index in [1.54, 1.807) is 17.8 Å². The fourth-order valence-electron chi connectivity index (χ4n) is 2.12. The van der Waals surface area contributed by atoms with Crippen LogP contribution in [0.15, 0.2) is 63.5 Å². The molecule has 1 aliphatic carbocycles. The molecule has 94 valence electrons. The van der Waals surface area contributed by atoms with Crippen LogP contribution >= 0.6 is 11.8 Å². The molecule has 1 aliphatic rings. The van der Waals surface area contributed by atoms with Crippen molar-refractivity contribution in [2.45, 2.75) is 16.2 Å². The molecule has 4 heteroatoms. The van der Waals surface area contributed by atoms with E-state index < -0.39 is 0 Å². The first-order valence-corrected chi connectivity index (χ1v) is 6.71. The van der Waals surface area contributed by atoms with Gasteiger partial charge in [-0.25, -0.2) is 0 Å². The van der Waals surface area contributed by atoms with Gasteiger partial charge in [0, 0.05) is 21.8 Å². The number of carbonyl (C=O) groups excluding carboxylic acids is 1. The number of nitrogens with zero attached hydrogens (tertiary/aromatic N) is 1. The molecule has 0 saturated carbocycles. The summed E-state index contributed by atoms with van der Waals surface area (Å²) in [6.07, 6.45) is 0.411. The van der Waals surface area contributed by atoms with Gasteiger partial charge in [0.2, 0.25) is 5.78 Å². The molecule has 0 aliphatic heterocycles. The molecular weight excluding hydrogens is 258 g/mol. The summed E-state index contributed by atoms with van der Waals surface area (Å²) in [4.78, 5) is 14.0. The van der Waals surface area contributed by atoms with Crippen LogP contribution in [0.5, 0.6) is 0 Å². The van der Waals surface area contributed by atoms with Crippen molar-refractivity contribution in [1.29, 1.82) is 0 Å². The Hall–Kier alpha value is -2.07. The topological polar surface area (TPSA) is 49.7 Å². The van der Waals surface area contributed by atoms with Gasteiger partial charge in [-0.15, -0.1) is 0 Å². The largest absolute Gasteiger partial charge is 0.411 e. The number of rotatable bonds is 2. The van der Waals surface area contributed by atoms with E-state index >= 15 is 0 Å². The van der Waals surface area contributed by atoms with E-state index in [4.69, 9.17) is 5.21 Å². The summed E-state index contributed by atoms with van der Waals surface area (Å²) >= 11 is 1.65. The maximum atomic E-state index is 11.8. The van der Waals surface area contributed by atoms with Crippen molar-refractivity contribution in [3.8, 4) is 0 Å². The quantitative estimate of drug-likeness (QED) is 0.671. The number of Topliss-reactive ketones (excluding diaryl/α,β-unsaturated/α-hetero) is 1. The standard InChI is InChI=1S/C15H11NO2S/c17-15-13-7-6-12(8-10(13)9-14(15)16-18)19-11-4-2-1-3-5-11/h1-8,18H,9H2. The van der Waals surface area contributed by atoms with Gasteiger partial charge in [-0.1, -0.05) is 35.1 Å². The molecule has 0 heterocycles. The van der Waals surface area contributed by atoms with Gasteiger partial charge in [-0.3, -0.25) is 4.79 Å². The van der Waals surface area contributed by atoms with Gasteiger partial charge in [-0.2, -0.15) is 0 Å². The van der Waals surface area contributed by atoms with Crippen LogP contribution < -0.4 is 0 Å². The third-order valence-corrected chi connectivity index (χ3v) is 4.04. The monoisotopic (exact) mass is 269 g/mol. The van der Waals surface area contributed by atoms with Crippen molar-refractivity contribution >= 4 is 23.3 Å². The van der Waals surface area contributed by atoms with Crippen LogP contribution in [0.1, 0.15) is 15.9 Å². The van der Waals surface area contributed by atoms with Crippen molar-refractivity contribution in [3.63, 3.8) is 0 Å². The zero-order chi connectivity index (χ0) is 13.2. The predicted molar refractivity (Wildman–Crippen MR) is 74.3 cm³/mol. The molecule has 2 aromatic rings. The first-order chi connectivity index (χ1) is 9.28. The number of fused-ring (bicyclic) bond motifs is 1. The summed E-state index contributed by atoms with van der Waals surface area (Å²) in [6, 6.07) is 15.8. The van der Waals surface area contributed by atoms with Gasteiger partial charge in [0.25, 0.3) is 0 Å². The summed E-state index contributed by atoms with van der Waals surface area (Å²) in [6.45, 7) is 0. The van der Waals surface area contributed by atoms with Crippen LogP contribution in [-0.4, -0.2) is 16.7 Å². The van der Waals surface area contributed by atoms with Crippen LogP contribution in [0.3, 0.4) is 0 Å². The second-order valence-corrected chi connectivity index (χ2v) is 5.43.